The largest absolute Gasteiger partial charge is 0.461 e. The zero-order valence-electron chi connectivity index (χ0n) is 11.7. The lowest BCUT2D eigenvalue weighted by Gasteiger charge is -2.01. The number of Topliss-reactive ketones (excluding diaryl/α,β-unsaturated/α-hetero) is 1. The molecule has 0 aliphatic heterocycles. The van der Waals surface area contributed by atoms with E-state index in [9.17, 15) is 9.59 Å². The Bertz CT molecular complexity index is 642. The Kier molecular flexibility index (Phi) is 3.98. The first kappa shape index (κ1) is 14.0. The third kappa shape index (κ3) is 2.77. The molecule has 0 aliphatic carbocycles. The first-order chi connectivity index (χ1) is 9.52. The van der Waals surface area contributed by atoms with E-state index in [1.165, 1.54) is 11.6 Å². The van der Waals surface area contributed by atoms with Crippen LogP contribution in [0, 0.1) is 6.92 Å². The number of carbonyl (C=O) groups is 2. The van der Waals surface area contributed by atoms with Crippen LogP contribution in [0.4, 0.5) is 0 Å². The molecular formula is C15H16N2O3. The van der Waals surface area contributed by atoms with Gasteiger partial charge >= 0.3 is 5.97 Å². The highest BCUT2D eigenvalue weighted by atomic mass is 16.5. The molecule has 20 heavy (non-hydrogen) atoms. The van der Waals surface area contributed by atoms with E-state index in [1.807, 2.05) is 31.2 Å². The maximum Gasteiger partial charge on any atom is 0.359 e. The number of benzene rings is 1. The van der Waals surface area contributed by atoms with Crippen LogP contribution in [-0.2, 0) is 4.74 Å². The predicted molar refractivity (Wildman–Crippen MR) is 74.3 cm³/mol. The summed E-state index contributed by atoms with van der Waals surface area (Å²) in [6.07, 6.45) is 1.55. The molecule has 0 saturated carbocycles. The lowest BCUT2D eigenvalue weighted by atomic mass is 10.2. The number of ketones is 1. The fourth-order valence-electron chi connectivity index (χ4n) is 1.81. The summed E-state index contributed by atoms with van der Waals surface area (Å²) in [5, 5.41) is 4.17. The van der Waals surface area contributed by atoms with Gasteiger partial charge in [-0.1, -0.05) is 17.7 Å². The molecule has 0 aliphatic rings. The van der Waals surface area contributed by atoms with Crippen molar-refractivity contribution in [2.45, 2.75) is 20.8 Å². The van der Waals surface area contributed by atoms with Crippen LogP contribution in [0.2, 0.25) is 0 Å². The van der Waals surface area contributed by atoms with E-state index in [0.29, 0.717) is 0 Å². The number of rotatable bonds is 4. The molecule has 5 nitrogen and oxygen atoms in total. The van der Waals surface area contributed by atoms with Crippen molar-refractivity contribution < 1.29 is 14.3 Å². The molecule has 104 valence electrons. The number of nitrogens with zero attached hydrogens (tertiary/aromatic N) is 2. The summed E-state index contributed by atoms with van der Waals surface area (Å²) >= 11 is 0. The molecule has 1 aromatic heterocycles. The Morgan fingerprint density at radius 3 is 2.45 bits per heavy atom. The van der Waals surface area contributed by atoms with E-state index in [0.717, 1.165) is 11.3 Å². The third-order valence-corrected chi connectivity index (χ3v) is 2.86. The minimum absolute atomic E-state index is 0.0555. The number of hydrogen-bond acceptors (Lipinski definition) is 4. The van der Waals surface area contributed by atoms with Crippen molar-refractivity contribution >= 4 is 11.8 Å². The van der Waals surface area contributed by atoms with Crippen molar-refractivity contribution in [2.75, 3.05) is 6.61 Å². The average Bonchev–Trinajstić information content (AvgIpc) is 2.85. The standard InChI is InChI=1S/C15H16N2O3/c1-4-20-15(19)14-13(11(3)18)9-17(16-14)12-7-5-10(2)6-8-12/h5-9H,4H2,1-3H3. The van der Waals surface area contributed by atoms with Gasteiger partial charge < -0.3 is 4.74 Å². The highest BCUT2D eigenvalue weighted by Crippen LogP contribution is 2.15. The monoisotopic (exact) mass is 272 g/mol. The van der Waals surface area contributed by atoms with E-state index in [1.54, 1.807) is 13.1 Å². The molecular weight excluding hydrogens is 256 g/mol. The lowest BCUT2D eigenvalue weighted by molar-refractivity contribution is 0.0516. The number of esters is 1. The minimum atomic E-state index is -0.580. The highest BCUT2D eigenvalue weighted by Gasteiger charge is 2.21. The number of hydrogen-bond donors (Lipinski definition) is 0. The summed E-state index contributed by atoms with van der Waals surface area (Å²) in [5.41, 5.74) is 2.23. The van der Waals surface area contributed by atoms with E-state index in [-0.39, 0.29) is 23.6 Å². The van der Waals surface area contributed by atoms with E-state index >= 15 is 0 Å². The average molecular weight is 272 g/mol. The number of ether oxygens (including phenoxy) is 1. The van der Waals surface area contributed by atoms with Gasteiger partial charge in [0.05, 0.1) is 17.9 Å². The summed E-state index contributed by atoms with van der Waals surface area (Å²) in [6, 6.07) is 7.63. The Labute approximate surface area is 117 Å². The second kappa shape index (κ2) is 5.69. The van der Waals surface area contributed by atoms with Crippen molar-refractivity contribution in [3.05, 3.63) is 47.3 Å². The van der Waals surface area contributed by atoms with E-state index in [4.69, 9.17) is 4.74 Å². The first-order valence-electron chi connectivity index (χ1n) is 6.37. The van der Waals surface area contributed by atoms with Gasteiger partial charge in [-0.25, -0.2) is 9.48 Å². The fraction of sp³-hybridized carbons (Fsp3) is 0.267. The number of aryl methyl sites for hydroxylation is 1. The van der Waals surface area contributed by atoms with Crippen molar-refractivity contribution in [2.24, 2.45) is 0 Å². The van der Waals surface area contributed by atoms with Gasteiger partial charge in [-0.15, -0.1) is 0 Å². The zero-order valence-corrected chi connectivity index (χ0v) is 11.7. The molecule has 2 rings (SSSR count). The van der Waals surface area contributed by atoms with Gasteiger partial charge in [-0.05, 0) is 32.9 Å². The van der Waals surface area contributed by atoms with Crippen molar-refractivity contribution in [3.8, 4) is 5.69 Å². The maximum absolute atomic E-state index is 11.8. The fourth-order valence-corrected chi connectivity index (χ4v) is 1.81. The molecule has 0 bridgehead atoms. The quantitative estimate of drug-likeness (QED) is 0.634. The zero-order chi connectivity index (χ0) is 14.7. The summed E-state index contributed by atoms with van der Waals surface area (Å²) in [4.78, 5) is 23.4. The van der Waals surface area contributed by atoms with Gasteiger partial charge in [0.1, 0.15) is 0 Å². The normalized spacial score (nSPS) is 10.3. The first-order valence-corrected chi connectivity index (χ1v) is 6.37. The SMILES string of the molecule is CCOC(=O)c1nn(-c2ccc(C)cc2)cc1C(C)=O. The molecule has 0 radical (unpaired) electrons. The maximum atomic E-state index is 11.8. The molecule has 0 unspecified atom stereocenters. The molecule has 0 N–H and O–H groups in total. The molecule has 0 saturated heterocycles. The second-order valence-corrected chi connectivity index (χ2v) is 4.45. The molecule has 2 aromatic rings. The van der Waals surface area contributed by atoms with Crippen LogP contribution in [0.1, 0.15) is 40.3 Å². The second-order valence-electron chi connectivity index (χ2n) is 4.45. The minimum Gasteiger partial charge on any atom is -0.461 e. The Hall–Kier alpha value is -2.43. The van der Waals surface area contributed by atoms with Gasteiger partial charge in [-0.2, -0.15) is 5.10 Å². The van der Waals surface area contributed by atoms with Crippen molar-refractivity contribution in [3.63, 3.8) is 0 Å². The number of aromatic nitrogens is 2. The van der Waals surface area contributed by atoms with E-state index < -0.39 is 5.97 Å². The van der Waals surface area contributed by atoms with E-state index in [2.05, 4.69) is 5.10 Å². The summed E-state index contributed by atoms with van der Waals surface area (Å²) in [7, 11) is 0. The van der Waals surface area contributed by atoms with Crippen LogP contribution in [0.5, 0.6) is 0 Å². The summed E-state index contributed by atoms with van der Waals surface area (Å²) in [6.45, 7) is 5.34. The summed E-state index contributed by atoms with van der Waals surface area (Å²) in [5.74, 6) is -0.796. The molecule has 0 atom stereocenters. The van der Waals surface area contributed by atoms with Crippen LogP contribution in [0.15, 0.2) is 30.5 Å². The molecule has 5 heteroatoms. The Morgan fingerprint density at radius 2 is 1.90 bits per heavy atom. The van der Waals surface area contributed by atoms with Gasteiger partial charge in [0.2, 0.25) is 0 Å². The third-order valence-electron chi connectivity index (χ3n) is 2.86. The highest BCUT2D eigenvalue weighted by molar-refractivity contribution is 6.04. The van der Waals surface area contributed by atoms with Crippen LogP contribution in [0.3, 0.4) is 0 Å². The molecule has 1 heterocycles. The van der Waals surface area contributed by atoms with Crippen LogP contribution in [-0.4, -0.2) is 28.1 Å². The van der Waals surface area contributed by atoms with Gasteiger partial charge in [0.25, 0.3) is 0 Å². The van der Waals surface area contributed by atoms with Crippen molar-refractivity contribution in [1.29, 1.82) is 0 Å². The van der Waals surface area contributed by atoms with Gasteiger partial charge in [0, 0.05) is 6.20 Å². The number of carbonyl (C=O) groups excluding carboxylic acids is 2. The lowest BCUT2D eigenvalue weighted by Crippen LogP contribution is -2.10. The van der Waals surface area contributed by atoms with Gasteiger partial charge in [-0.3, -0.25) is 4.79 Å². The molecule has 0 fully saturated rings. The Balaban J connectivity index is 2.46. The molecule has 0 spiro atoms. The van der Waals surface area contributed by atoms with Crippen LogP contribution < -0.4 is 0 Å². The topological polar surface area (TPSA) is 61.2 Å². The molecule has 1 aromatic carbocycles. The van der Waals surface area contributed by atoms with Gasteiger partial charge in [0.15, 0.2) is 11.5 Å². The molecule has 0 amide bonds. The Morgan fingerprint density at radius 1 is 1.25 bits per heavy atom. The van der Waals surface area contributed by atoms with Crippen LogP contribution >= 0.6 is 0 Å². The summed E-state index contributed by atoms with van der Waals surface area (Å²) < 4.78 is 6.44. The van der Waals surface area contributed by atoms with Crippen LogP contribution in [0.25, 0.3) is 5.69 Å². The predicted octanol–water partition coefficient (Wildman–Crippen LogP) is 2.56. The smallest absolute Gasteiger partial charge is 0.359 e. The van der Waals surface area contributed by atoms with Crippen molar-refractivity contribution in [1.82, 2.24) is 9.78 Å².